The number of fused-ring (bicyclic) bond motifs is 1. The molecule has 0 saturated carbocycles. The zero-order valence-corrected chi connectivity index (χ0v) is 17.0. The van der Waals surface area contributed by atoms with E-state index in [1.165, 1.54) is 11.8 Å². The molecule has 0 spiro atoms. The number of nitrogens with zero attached hydrogens (tertiary/aromatic N) is 2. The minimum absolute atomic E-state index is 0.00300. The molecular formula is C21H23N3O3S. The van der Waals surface area contributed by atoms with Crippen molar-refractivity contribution in [2.45, 2.75) is 31.5 Å². The Balaban J connectivity index is 1.80. The van der Waals surface area contributed by atoms with Crippen molar-refractivity contribution in [3.05, 3.63) is 58.9 Å². The van der Waals surface area contributed by atoms with Gasteiger partial charge < -0.3 is 10.1 Å². The SMILES string of the molecule is CC[C@@H](C)n1c(SCC(=O)Nc2ccc(OC)cc2)nc2ccccc2c1=O. The molecule has 146 valence electrons. The van der Waals surface area contributed by atoms with Gasteiger partial charge in [-0.1, -0.05) is 30.8 Å². The van der Waals surface area contributed by atoms with Gasteiger partial charge in [-0.2, -0.15) is 0 Å². The van der Waals surface area contributed by atoms with Gasteiger partial charge in [0.1, 0.15) is 5.75 Å². The van der Waals surface area contributed by atoms with E-state index in [9.17, 15) is 9.59 Å². The van der Waals surface area contributed by atoms with Gasteiger partial charge in [0.15, 0.2) is 5.16 Å². The molecule has 3 aromatic rings. The number of amides is 1. The second-order valence-electron chi connectivity index (χ2n) is 6.41. The number of carbonyl (C=O) groups excluding carboxylic acids is 1. The number of para-hydroxylation sites is 1. The van der Waals surface area contributed by atoms with E-state index >= 15 is 0 Å². The first-order chi connectivity index (χ1) is 13.5. The molecule has 2 aromatic carbocycles. The van der Waals surface area contributed by atoms with Crippen LogP contribution in [-0.2, 0) is 4.79 Å². The molecule has 0 aliphatic rings. The van der Waals surface area contributed by atoms with Crippen LogP contribution in [0.4, 0.5) is 5.69 Å². The Morgan fingerprint density at radius 1 is 1.21 bits per heavy atom. The average molecular weight is 398 g/mol. The van der Waals surface area contributed by atoms with Crippen LogP contribution in [-0.4, -0.2) is 28.3 Å². The Hall–Kier alpha value is -2.80. The standard InChI is InChI=1S/C21H23N3O3S/c1-4-14(2)24-20(26)17-7-5-6-8-18(17)23-21(24)28-13-19(25)22-15-9-11-16(27-3)12-10-15/h5-12,14H,4,13H2,1-3H3,(H,22,25)/t14-/m1/s1. The summed E-state index contributed by atoms with van der Waals surface area (Å²) < 4.78 is 6.80. The fraction of sp³-hybridized carbons (Fsp3) is 0.286. The summed E-state index contributed by atoms with van der Waals surface area (Å²) in [4.78, 5) is 29.9. The first-order valence-corrected chi connectivity index (χ1v) is 10.1. The summed E-state index contributed by atoms with van der Waals surface area (Å²) in [5.74, 6) is 0.728. The maximum Gasteiger partial charge on any atom is 0.262 e. The third kappa shape index (κ3) is 4.36. The van der Waals surface area contributed by atoms with Crippen LogP contribution in [0.5, 0.6) is 5.75 Å². The third-order valence-electron chi connectivity index (χ3n) is 4.51. The normalized spacial score (nSPS) is 12.0. The van der Waals surface area contributed by atoms with E-state index in [1.807, 2.05) is 32.0 Å². The molecule has 1 N–H and O–H groups in total. The quantitative estimate of drug-likeness (QED) is 0.480. The molecule has 1 amide bonds. The van der Waals surface area contributed by atoms with Crippen LogP contribution in [0.2, 0.25) is 0 Å². The summed E-state index contributed by atoms with van der Waals surface area (Å²) in [6.45, 7) is 4.01. The largest absolute Gasteiger partial charge is 0.497 e. The van der Waals surface area contributed by atoms with Gasteiger partial charge in [0.05, 0.1) is 23.8 Å². The molecule has 0 bridgehead atoms. The van der Waals surface area contributed by atoms with Crippen molar-refractivity contribution in [2.75, 3.05) is 18.2 Å². The summed E-state index contributed by atoms with van der Waals surface area (Å²) in [6.07, 6.45) is 0.797. The molecule has 0 aliphatic heterocycles. The van der Waals surface area contributed by atoms with Crippen molar-refractivity contribution in [1.29, 1.82) is 0 Å². The summed E-state index contributed by atoms with van der Waals surface area (Å²) in [7, 11) is 1.59. The Morgan fingerprint density at radius 3 is 2.61 bits per heavy atom. The van der Waals surface area contributed by atoms with Crippen molar-refractivity contribution in [2.24, 2.45) is 0 Å². The third-order valence-corrected chi connectivity index (χ3v) is 5.47. The number of methoxy groups -OCH3 is 1. The number of ether oxygens (including phenoxy) is 1. The monoisotopic (exact) mass is 397 g/mol. The molecule has 0 aliphatic carbocycles. The van der Waals surface area contributed by atoms with Crippen LogP contribution < -0.4 is 15.6 Å². The number of anilines is 1. The van der Waals surface area contributed by atoms with Crippen LogP contribution in [0, 0.1) is 0 Å². The average Bonchev–Trinajstić information content (AvgIpc) is 2.72. The predicted molar refractivity (Wildman–Crippen MR) is 113 cm³/mol. The van der Waals surface area contributed by atoms with Gasteiger partial charge in [-0.3, -0.25) is 14.2 Å². The molecule has 7 heteroatoms. The van der Waals surface area contributed by atoms with Gasteiger partial charge in [-0.15, -0.1) is 0 Å². The number of benzene rings is 2. The van der Waals surface area contributed by atoms with Crippen molar-refractivity contribution in [3.8, 4) is 5.75 Å². The Kier molecular flexibility index (Phi) is 6.36. The number of nitrogens with one attached hydrogen (secondary N) is 1. The topological polar surface area (TPSA) is 73.2 Å². The molecule has 0 radical (unpaired) electrons. The molecular weight excluding hydrogens is 374 g/mol. The highest BCUT2D eigenvalue weighted by Gasteiger charge is 2.16. The van der Waals surface area contributed by atoms with Gasteiger partial charge in [-0.25, -0.2) is 4.98 Å². The van der Waals surface area contributed by atoms with Gasteiger partial charge in [0, 0.05) is 11.7 Å². The van der Waals surface area contributed by atoms with E-state index in [4.69, 9.17) is 4.74 Å². The summed E-state index contributed by atoms with van der Waals surface area (Å²) in [5.41, 5.74) is 1.26. The number of hydrogen-bond donors (Lipinski definition) is 1. The van der Waals surface area contributed by atoms with E-state index in [0.717, 1.165) is 12.2 Å². The first kappa shape index (κ1) is 19.9. The number of aromatic nitrogens is 2. The fourth-order valence-corrected chi connectivity index (χ4v) is 3.70. The summed E-state index contributed by atoms with van der Waals surface area (Å²) in [6, 6.07) is 14.4. The van der Waals surface area contributed by atoms with Crippen LogP contribution in [0.1, 0.15) is 26.3 Å². The lowest BCUT2D eigenvalue weighted by molar-refractivity contribution is -0.113. The van der Waals surface area contributed by atoms with Crippen molar-refractivity contribution in [1.82, 2.24) is 9.55 Å². The fourth-order valence-electron chi connectivity index (χ4n) is 2.80. The Bertz CT molecular complexity index is 1030. The number of thioether (sulfide) groups is 1. The predicted octanol–water partition coefficient (Wildman–Crippen LogP) is 4.11. The zero-order chi connectivity index (χ0) is 20.1. The van der Waals surface area contributed by atoms with E-state index in [0.29, 0.717) is 21.7 Å². The highest BCUT2D eigenvalue weighted by molar-refractivity contribution is 7.99. The molecule has 1 atom stereocenters. The molecule has 0 unspecified atom stereocenters. The molecule has 6 nitrogen and oxygen atoms in total. The maximum atomic E-state index is 12.9. The van der Waals surface area contributed by atoms with Gasteiger partial charge in [0.2, 0.25) is 5.91 Å². The van der Waals surface area contributed by atoms with Gasteiger partial charge in [0.25, 0.3) is 5.56 Å². The highest BCUT2D eigenvalue weighted by Crippen LogP contribution is 2.23. The summed E-state index contributed by atoms with van der Waals surface area (Å²) >= 11 is 1.27. The van der Waals surface area contributed by atoms with Crippen LogP contribution in [0.25, 0.3) is 10.9 Å². The van der Waals surface area contributed by atoms with Crippen molar-refractivity contribution >= 4 is 34.3 Å². The first-order valence-electron chi connectivity index (χ1n) is 9.11. The lowest BCUT2D eigenvalue weighted by Gasteiger charge is -2.18. The molecule has 0 fully saturated rings. The molecule has 1 aromatic heterocycles. The zero-order valence-electron chi connectivity index (χ0n) is 16.1. The van der Waals surface area contributed by atoms with Crippen molar-refractivity contribution < 1.29 is 9.53 Å². The minimum atomic E-state index is -0.159. The maximum absolute atomic E-state index is 12.9. The second kappa shape index (κ2) is 8.93. The number of carbonyl (C=O) groups is 1. The van der Waals surface area contributed by atoms with E-state index in [-0.39, 0.29) is 23.3 Å². The van der Waals surface area contributed by atoms with Gasteiger partial charge >= 0.3 is 0 Å². The van der Waals surface area contributed by atoms with Crippen LogP contribution in [0.15, 0.2) is 58.5 Å². The smallest absolute Gasteiger partial charge is 0.262 e. The number of hydrogen-bond acceptors (Lipinski definition) is 5. The highest BCUT2D eigenvalue weighted by atomic mass is 32.2. The lowest BCUT2D eigenvalue weighted by Crippen LogP contribution is -2.26. The lowest BCUT2D eigenvalue weighted by atomic mass is 10.2. The van der Waals surface area contributed by atoms with E-state index in [2.05, 4.69) is 10.3 Å². The van der Waals surface area contributed by atoms with Gasteiger partial charge in [-0.05, 0) is 49.7 Å². The molecule has 0 saturated heterocycles. The van der Waals surface area contributed by atoms with E-state index < -0.39 is 0 Å². The molecule has 3 rings (SSSR count). The van der Waals surface area contributed by atoms with E-state index in [1.54, 1.807) is 42.0 Å². The minimum Gasteiger partial charge on any atom is -0.497 e. The number of rotatable bonds is 7. The summed E-state index contributed by atoms with van der Waals surface area (Å²) in [5, 5.41) is 4.00. The van der Waals surface area contributed by atoms with Crippen LogP contribution >= 0.6 is 11.8 Å². The molecule has 1 heterocycles. The second-order valence-corrected chi connectivity index (χ2v) is 7.35. The van der Waals surface area contributed by atoms with Crippen molar-refractivity contribution in [3.63, 3.8) is 0 Å². The Morgan fingerprint density at radius 2 is 1.93 bits per heavy atom. The molecule has 28 heavy (non-hydrogen) atoms. The Labute approximate surface area is 167 Å². The van der Waals surface area contributed by atoms with Crippen LogP contribution in [0.3, 0.4) is 0 Å².